The van der Waals surface area contributed by atoms with Crippen molar-refractivity contribution < 1.29 is 4.79 Å². The van der Waals surface area contributed by atoms with Crippen LogP contribution in [0.5, 0.6) is 0 Å². The summed E-state index contributed by atoms with van der Waals surface area (Å²) in [4.78, 5) is 22.2. The Morgan fingerprint density at radius 3 is 2.91 bits per heavy atom. The van der Waals surface area contributed by atoms with Crippen LogP contribution < -0.4 is 4.90 Å². The first-order valence-corrected chi connectivity index (χ1v) is 8.75. The Labute approximate surface area is 138 Å². The zero-order valence-electron chi connectivity index (χ0n) is 12.7. The minimum Gasteiger partial charge on any atom is -0.333 e. The average Bonchev–Trinajstić information content (AvgIpc) is 3.18. The largest absolute Gasteiger partial charge is 0.333 e. The van der Waals surface area contributed by atoms with Crippen LogP contribution in [0.2, 0.25) is 0 Å². The first-order chi connectivity index (χ1) is 11.3. The molecule has 2 heterocycles. The molecule has 0 spiro atoms. The summed E-state index contributed by atoms with van der Waals surface area (Å²) in [6.45, 7) is 0.799. The molecule has 0 bridgehead atoms. The summed E-state index contributed by atoms with van der Waals surface area (Å²) in [6.07, 6.45) is 1.48. The van der Waals surface area contributed by atoms with E-state index in [4.69, 9.17) is 0 Å². The van der Waals surface area contributed by atoms with Crippen molar-refractivity contribution in [3.63, 3.8) is 0 Å². The van der Waals surface area contributed by atoms with Gasteiger partial charge in [-0.2, -0.15) is 0 Å². The molecule has 0 saturated heterocycles. The van der Waals surface area contributed by atoms with Crippen LogP contribution in [0.25, 0.3) is 11.0 Å². The van der Waals surface area contributed by atoms with E-state index in [2.05, 4.69) is 16.0 Å². The van der Waals surface area contributed by atoms with Gasteiger partial charge in [-0.3, -0.25) is 4.79 Å². The van der Waals surface area contributed by atoms with E-state index in [1.807, 2.05) is 47.4 Å². The van der Waals surface area contributed by atoms with E-state index < -0.39 is 0 Å². The van der Waals surface area contributed by atoms with Gasteiger partial charge >= 0.3 is 0 Å². The number of para-hydroxylation sites is 3. The lowest BCUT2D eigenvalue weighted by molar-refractivity contribution is -0.118. The van der Waals surface area contributed by atoms with Crippen LogP contribution >= 0.6 is 11.8 Å². The third-order valence-corrected chi connectivity index (χ3v) is 4.99. The summed E-state index contributed by atoms with van der Waals surface area (Å²) < 4.78 is 0. The molecule has 1 aliphatic heterocycles. The molecule has 0 atom stereocenters. The topological polar surface area (TPSA) is 49.0 Å². The zero-order chi connectivity index (χ0) is 15.6. The number of carbonyl (C=O) groups excluding carboxylic acids is 1. The molecule has 1 N–H and O–H groups in total. The van der Waals surface area contributed by atoms with Gasteiger partial charge in [0.25, 0.3) is 0 Å². The van der Waals surface area contributed by atoms with Gasteiger partial charge in [0.2, 0.25) is 5.91 Å². The van der Waals surface area contributed by atoms with Crippen molar-refractivity contribution in [3.8, 4) is 0 Å². The SMILES string of the molecule is O=C(CCSc1nc2ccccc2[nH]1)N1CCc2ccccc21. The maximum Gasteiger partial charge on any atom is 0.227 e. The number of aromatic amines is 1. The number of anilines is 1. The number of rotatable bonds is 4. The number of nitrogens with zero attached hydrogens (tertiary/aromatic N) is 2. The highest BCUT2D eigenvalue weighted by Crippen LogP contribution is 2.28. The molecule has 0 radical (unpaired) electrons. The van der Waals surface area contributed by atoms with Crippen molar-refractivity contribution in [2.24, 2.45) is 0 Å². The van der Waals surface area contributed by atoms with Gasteiger partial charge in [0.1, 0.15) is 0 Å². The fraction of sp³-hybridized carbons (Fsp3) is 0.222. The maximum absolute atomic E-state index is 12.5. The van der Waals surface area contributed by atoms with Gasteiger partial charge in [0.05, 0.1) is 11.0 Å². The van der Waals surface area contributed by atoms with Crippen LogP contribution in [-0.4, -0.2) is 28.2 Å². The van der Waals surface area contributed by atoms with Gasteiger partial charge in [-0.15, -0.1) is 0 Å². The number of H-pyrrole nitrogens is 1. The summed E-state index contributed by atoms with van der Waals surface area (Å²) in [5.41, 5.74) is 4.35. The van der Waals surface area contributed by atoms with E-state index in [1.54, 1.807) is 11.8 Å². The molecular weight excluding hydrogens is 306 g/mol. The minimum atomic E-state index is 0.193. The summed E-state index contributed by atoms with van der Waals surface area (Å²) in [6, 6.07) is 16.1. The molecule has 3 aromatic rings. The highest BCUT2D eigenvalue weighted by molar-refractivity contribution is 7.99. The standard InChI is InChI=1S/C18H17N3OS/c22-17(21-11-9-13-5-1-4-8-16(13)21)10-12-23-18-19-14-6-2-3-7-15(14)20-18/h1-8H,9-12H2,(H,19,20). The van der Waals surface area contributed by atoms with Crippen molar-refractivity contribution in [1.82, 2.24) is 9.97 Å². The average molecular weight is 323 g/mol. The molecule has 1 amide bonds. The van der Waals surface area contributed by atoms with Gasteiger partial charge in [-0.1, -0.05) is 42.1 Å². The number of imidazole rings is 1. The first-order valence-electron chi connectivity index (χ1n) is 7.77. The molecule has 116 valence electrons. The molecule has 1 aromatic heterocycles. The van der Waals surface area contributed by atoms with E-state index in [9.17, 15) is 4.79 Å². The quantitative estimate of drug-likeness (QED) is 0.746. The van der Waals surface area contributed by atoms with E-state index in [1.165, 1.54) is 5.56 Å². The summed E-state index contributed by atoms with van der Waals surface area (Å²) in [7, 11) is 0. The van der Waals surface area contributed by atoms with Crippen molar-refractivity contribution in [3.05, 3.63) is 54.1 Å². The summed E-state index contributed by atoms with van der Waals surface area (Å²) in [5.74, 6) is 0.927. The predicted molar refractivity (Wildman–Crippen MR) is 93.9 cm³/mol. The molecule has 5 heteroatoms. The van der Waals surface area contributed by atoms with E-state index >= 15 is 0 Å². The summed E-state index contributed by atoms with van der Waals surface area (Å²) >= 11 is 1.60. The highest BCUT2D eigenvalue weighted by atomic mass is 32.2. The van der Waals surface area contributed by atoms with Crippen LogP contribution in [0.4, 0.5) is 5.69 Å². The second-order valence-electron chi connectivity index (χ2n) is 5.58. The van der Waals surface area contributed by atoms with Crippen LogP contribution in [0, 0.1) is 0 Å². The van der Waals surface area contributed by atoms with Gasteiger partial charge in [-0.25, -0.2) is 4.98 Å². The molecule has 0 fully saturated rings. The Bertz CT molecular complexity index is 825. The van der Waals surface area contributed by atoms with Crippen molar-refractivity contribution in [1.29, 1.82) is 0 Å². The highest BCUT2D eigenvalue weighted by Gasteiger charge is 2.23. The first kappa shape index (κ1) is 14.3. The molecule has 23 heavy (non-hydrogen) atoms. The molecule has 4 nitrogen and oxygen atoms in total. The van der Waals surface area contributed by atoms with Crippen LogP contribution in [0.1, 0.15) is 12.0 Å². The van der Waals surface area contributed by atoms with Gasteiger partial charge < -0.3 is 9.88 Å². The normalized spacial score (nSPS) is 13.5. The fourth-order valence-corrected chi connectivity index (χ4v) is 3.78. The number of benzene rings is 2. The van der Waals surface area contributed by atoms with Crippen LogP contribution in [-0.2, 0) is 11.2 Å². The van der Waals surface area contributed by atoms with Gasteiger partial charge in [0.15, 0.2) is 5.16 Å². The third-order valence-electron chi connectivity index (χ3n) is 4.11. The Balaban J connectivity index is 1.37. The number of carbonyl (C=O) groups is 1. The van der Waals surface area contributed by atoms with Crippen LogP contribution in [0.15, 0.2) is 53.7 Å². The molecule has 0 unspecified atom stereocenters. The van der Waals surface area contributed by atoms with Crippen molar-refractivity contribution in [2.45, 2.75) is 18.0 Å². The number of aromatic nitrogens is 2. The monoisotopic (exact) mass is 323 g/mol. The van der Waals surface area contributed by atoms with Crippen molar-refractivity contribution in [2.75, 3.05) is 17.2 Å². The minimum absolute atomic E-state index is 0.193. The second-order valence-corrected chi connectivity index (χ2v) is 6.67. The second kappa shape index (κ2) is 6.08. The molecule has 2 aromatic carbocycles. The Morgan fingerprint density at radius 2 is 2.00 bits per heavy atom. The lowest BCUT2D eigenvalue weighted by atomic mass is 10.2. The molecule has 0 saturated carbocycles. The predicted octanol–water partition coefficient (Wildman–Crippen LogP) is 3.63. The van der Waals surface area contributed by atoms with E-state index in [0.717, 1.165) is 40.6 Å². The molecule has 0 aliphatic carbocycles. The zero-order valence-corrected chi connectivity index (χ0v) is 13.5. The number of hydrogen-bond acceptors (Lipinski definition) is 3. The lowest BCUT2D eigenvalue weighted by Crippen LogP contribution is -2.29. The number of thioether (sulfide) groups is 1. The van der Waals surface area contributed by atoms with Crippen molar-refractivity contribution >= 4 is 34.4 Å². The molecule has 4 rings (SSSR count). The number of amides is 1. The number of nitrogens with one attached hydrogen (secondary N) is 1. The Kier molecular flexibility index (Phi) is 3.79. The molecular formula is C18H17N3OS. The maximum atomic E-state index is 12.5. The Hall–Kier alpha value is -2.27. The summed E-state index contributed by atoms with van der Waals surface area (Å²) in [5, 5.41) is 0.876. The molecule has 1 aliphatic rings. The van der Waals surface area contributed by atoms with E-state index in [-0.39, 0.29) is 5.91 Å². The van der Waals surface area contributed by atoms with E-state index in [0.29, 0.717) is 6.42 Å². The van der Waals surface area contributed by atoms with Gasteiger partial charge in [-0.05, 0) is 30.2 Å². The number of fused-ring (bicyclic) bond motifs is 2. The smallest absolute Gasteiger partial charge is 0.227 e. The van der Waals surface area contributed by atoms with Crippen LogP contribution in [0.3, 0.4) is 0 Å². The van der Waals surface area contributed by atoms with Gasteiger partial charge in [0, 0.05) is 24.4 Å². The fourth-order valence-electron chi connectivity index (χ4n) is 2.97. The number of hydrogen-bond donors (Lipinski definition) is 1. The lowest BCUT2D eigenvalue weighted by Gasteiger charge is -2.16. The Morgan fingerprint density at radius 1 is 1.17 bits per heavy atom. The third kappa shape index (κ3) is 2.84.